The normalized spacial score (nSPS) is 29.0. The third-order valence-electron chi connectivity index (χ3n) is 4.69. The molecule has 25 heavy (non-hydrogen) atoms. The molecule has 5 heteroatoms. The van der Waals surface area contributed by atoms with E-state index in [2.05, 4.69) is 0 Å². The molecule has 0 unspecified atom stereocenters. The summed E-state index contributed by atoms with van der Waals surface area (Å²) in [5.74, 6) is -0.459. The Hall–Kier alpha value is -1.76. The number of aliphatic hydroxyl groups is 2. The second-order valence-corrected chi connectivity index (χ2v) is 6.48. The van der Waals surface area contributed by atoms with Crippen molar-refractivity contribution in [2.45, 2.75) is 37.6 Å². The van der Waals surface area contributed by atoms with Crippen molar-refractivity contribution < 1.29 is 19.7 Å². The summed E-state index contributed by atoms with van der Waals surface area (Å²) in [7, 11) is 0. The zero-order valence-electron chi connectivity index (χ0n) is 14.1. The Morgan fingerprint density at radius 1 is 0.800 bits per heavy atom. The Balaban J connectivity index is 1.52. The van der Waals surface area contributed by atoms with E-state index in [4.69, 9.17) is 15.2 Å². The van der Waals surface area contributed by atoms with E-state index in [1.807, 2.05) is 60.7 Å². The highest BCUT2D eigenvalue weighted by atomic mass is 16.5. The smallest absolute Gasteiger partial charge is 0.102 e. The number of ether oxygens (including phenoxy) is 2. The van der Waals surface area contributed by atoms with Crippen molar-refractivity contribution in [1.29, 1.82) is 0 Å². The van der Waals surface area contributed by atoms with Crippen molar-refractivity contribution in [3.05, 3.63) is 71.8 Å². The Morgan fingerprint density at radius 2 is 1.36 bits per heavy atom. The number of hydrogen-bond acceptors (Lipinski definition) is 5. The molecule has 0 heterocycles. The summed E-state index contributed by atoms with van der Waals surface area (Å²) in [4.78, 5) is 0. The standard InChI is InChI=1S/C20H25NO4/c21-17-18(22)16(13-24-11-14-7-3-1-4-8-14)19(23)20(17)25-12-15-9-5-2-6-10-15/h1-10,16-20,22-23H,11-13,21H2/t16-,17-,18-,19+,20+/m0/s1. The van der Waals surface area contributed by atoms with E-state index >= 15 is 0 Å². The van der Waals surface area contributed by atoms with Crippen LogP contribution in [0.3, 0.4) is 0 Å². The minimum absolute atomic E-state index is 0.232. The molecular weight excluding hydrogens is 318 g/mol. The molecule has 2 aromatic rings. The lowest BCUT2D eigenvalue weighted by Crippen LogP contribution is -2.42. The van der Waals surface area contributed by atoms with Gasteiger partial charge in [-0.15, -0.1) is 0 Å². The molecule has 0 spiro atoms. The SMILES string of the molecule is N[C@H]1[C@@H](O)[C@H](COCc2ccccc2)[C@@H](O)[C@@H]1OCc1ccccc1. The van der Waals surface area contributed by atoms with Gasteiger partial charge in [0.2, 0.25) is 0 Å². The van der Waals surface area contributed by atoms with Crippen LogP contribution in [0.2, 0.25) is 0 Å². The highest BCUT2D eigenvalue weighted by molar-refractivity contribution is 5.14. The molecule has 0 bridgehead atoms. The molecule has 0 radical (unpaired) electrons. The first-order chi connectivity index (χ1) is 12.2. The highest BCUT2D eigenvalue weighted by Crippen LogP contribution is 2.29. The van der Waals surface area contributed by atoms with Crippen LogP contribution in [0.4, 0.5) is 0 Å². The maximum Gasteiger partial charge on any atom is 0.102 e. The van der Waals surface area contributed by atoms with Crippen LogP contribution in [0.5, 0.6) is 0 Å². The molecule has 1 saturated carbocycles. The molecule has 134 valence electrons. The first kappa shape index (κ1) is 18.0. The fourth-order valence-corrected chi connectivity index (χ4v) is 3.21. The summed E-state index contributed by atoms with van der Waals surface area (Å²) in [6.07, 6.45) is -2.32. The molecule has 1 aliphatic rings. The first-order valence-electron chi connectivity index (χ1n) is 8.55. The predicted octanol–water partition coefficient (Wildman–Crippen LogP) is 1.47. The second kappa shape index (κ2) is 8.56. The maximum atomic E-state index is 10.5. The Kier molecular flexibility index (Phi) is 6.18. The van der Waals surface area contributed by atoms with Crippen LogP contribution in [-0.2, 0) is 22.7 Å². The summed E-state index contributed by atoms with van der Waals surface area (Å²) >= 11 is 0. The zero-order valence-corrected chi connectivity index (χ0v) is 14.1. The van der Waals surface area contributed by atoms with Gasteiger partial charge in [-0.05, 0) is 11.1 Å². The summed E-state index contributed by atoms with van der Waals surface area (Å²) in [5.41, 5.74) is 8.11. The average molecular weight is 343 g/mol. The van der Waals surface area contributed by atoms with Gasteiger partial charge in [-0.1, -0.05) is 60.7 Å². The fourth-order valence-electron chi connectivity index (χ4n) is 3.21. The second-order valence-electron chi connectivity index (χ2n) is 6.48. The van der Waals surface area contributed by atoms with Crippen molar-refractivity contribution in [1.82, 2.24) is 0 Å². The molecule has 0 aromatic heterocycles. The van der Waals surface area contributed by atoms with Crippen LogP contribution >= 0.6 is 0 Å². The predicted molar refractivity (Wildman–Crippen MR) is 94.6 cm³/mol. The Bertz CT molecular complexity index is 637. The molecule has 4 N–H and O–H groups in total. The van der Waals surface area contributed by atoms with Gasteiger partial charge in [-0.2, -0.15) is 0 Å². The van der Waals surface area contributed by atoms with Gasteiger partial charge in [0, 0.05) is 5.92 Å². The molecule has 1 aliphatic carbocycles. The van der Waals surface area contributed by atoms with Gasteiger partial charge in [0.15, 0.2) is 0 Å². The maximum absolute atomic E-state index is 10.5. The number of aliphatic hydroxyl groups excluding tert-OH is 2. The van der Waals surface area contributed by atoms with Crippen LogP contribution < -0.4 is 5.73 Å². The topological polar surface area (TPSA) is 84.9 Å². The summed E-state index contributed by atoms with van der Waals surface area (Å²) in [6.45, 7) is 1.01. The lowest BCUT2D eigenvalue weighted by molar-refractivity contribution is -0.0598. The van der Waals surface area contributed by atoms with E-state index in [9.17, 15) is 10.2 Å². The number of nitrogens with two attached hydrogens (primary N) is 1. The van der Waals surface area contributed by atoms with E-state index in [1.165, 1.54) is 0 Å². The molecule has 2 aromatic carbocycles. The van der Waals surface area contributed by atoms with Gasteiger partial charge in [0.1, 0.15) is 6.10 Å². The average Bonchev–Trinajstić information content (AvgIpc) is 2.85. The van der Waals surface area contributed by atoms with Gasteiger partial charge < -0.3 is 25.4 Å². The number of rotatable bonds is 7. The number of hydrogen-bond donors (Lipinski definition) is 3. The molecule has 5 atom stereocenters. The van der Waals surface area contributed by atoms with Crippen molar-refractivity contribution in [2.75, 3.05) is 6.61 Å². The molecule has 3 rings (SSSR count). The van der Waals surface area contributed by atoms with E-state index in [0.717, 1.165) is 11.1 Å². The van der Waals surface area contributed by atoms with Gasteiger partial charge in [0.05, 0.1) is 38.1 Å². The Labute approximate surface area is 148 Å². The van der Waals surface area contributed by atoms with E-state index < -0.39 is 30.3 Å². The van der Waals surface area contributed by atoms with Crippen molar-refractivity contribution in [3.8, 4) is 0 Å². The molecular formula is C20H25NO4. The molecule has 1 fully saturated rings. The van der Waals surface area contributed by atoms with E-state index in [1.54, 1.807) is 0 Å². The van der Waals surface area contributed by atoms with Gasteiger partial charge in [0.25, 0.3) is 0 Å². The number of benzene rings is 2. The summed E-state index contributed by atoms with van der Waals surface area (Å²) < 4.78 is 11.5. The third-order valence-corrected chi connectivity index (χ3v) is 4.69. The lowest BCUT2D eigenvalue weighted by atomic mass is 10.0. The molecule has 0 aliphatic heterocycles. The Morgan fingerprint density at radius 3 is 1.96 bits per heavy atom. The minimum Gasteiger partial charge on any atom is -0.391 e. The van der Waals surface area contributed by atoms with Crippen molar-refractivity contribution in [3.63, 3.8) is 0 Å². The summed E-state index contributed by atoms with van der Waals surface area (Å²) in [5, 5.41) is 20.9. The van der Waals surface area contributed by atoms with Crippen LogP contribution in [0.25, 0.3) is 0 Å². The van der Waals surface area contributed by atoms with E-state index in [0.29, 0.717) is 13.2 Å². The van der Waals surface area contributed by atoms with Crippen LogP contribution in [-0.4, -0.2) is 41.2 Å². The molecule has 0 amide bonds. The van der Waals surface area contributed by atoms with Crippen molar-refractivity contribution in [2.24, 2.45) is 11.7 Å². The van der Waals surface area contributed by atoms with Crippen LogP contribution in [0.1, 0.15) is 11.1 Å². The van der Waals surface area contributed by atoms with Crippen LogP contribution in [0, 0.1) is 5.92 Å². The quantitative estimate of drug-likeness (QED) is 0.709. The first-order valence-corrected chi connectivity index (χ1v) is 8.55. The monoisotopic (exact) mass is 343 g/mol. The zero-order chi connectivity index (χ0) is 17.6. The van der Waals surface area contributed by atoms with E-state index in [-0.39, 0.29) is 6.61 Å². The van der Waals surface area contributed by atoms with Gasteiger partial charge >= 0.3 is 0 Å². The van der Waals surface area contributed by atoms with Crippen molar-refractivity contribution >= 4 is 0 Å². The summed E-state index contributed by atoms with van der Waals surface area (Å²) in [6, 6.07) is 18.8. The lowest BCUT2D eigenvalue weighted by Gasteiger charge is -2.21. The molecule has 5 nitrogen and oxygen atoms in total. The minimum atomic E-state index is -0.857. The molecule has 0 saturated heterocycles. The highest BCUT2D eigenvalue weighted by Gasteiger charge is 2.48. The van der Waals surface area contributed by atoms with Crippen LogP contribution in [0.15, 0.2) is 60.7 Å². The fraction of sp³-hybridized carbons (Fsp3) is 0.400. The largest absolute Gasteiger partial charge is 0.391 e. The van der Waals surface area contributed by atoms with Gasteiger partial charge in [-0.3, -0.25) is 0 Å². The third kappa shape index (κ3) is 4.45. The van der Waals surface area contributed by atoms with Gasteiger partial charge in [-0.25, -0.2) is 0 Å².